The van der Waals surface area contributed by atoms with E-state index in [9.17, 15) is 4.79 Å². The Balaban J connectivity index is 0.00000121. The maximum absolute atomic E-state index is 10.9. The van der Waals surface area contributed by atoms with Gasteiger partial charge < -0.3 is 11.4 Å². The average Bonchev–Trinajstić information content (AvgIpc) is 2.98. The number of hydrogen-bond acceptors (Lipinski definition) is 4. The maximum atomic E-state index is 10.9. The number of thiazole rings is 1. The van der Waals surface area contributed by atoms with Crippen LogP contribution in [0.2, 0.25) is 0 Å². The average molecular weight is 296 g/mol. The molecule has 0 bridgehead atoms. The first-order valence-corrected chi connectivity index (χ1v) is 7.54. The van der Waals surface area contributed by atoms with Gasteiger partial charge in [0.05, 0.1) is 11.2 Å². The van der Waals surface area contributed by atoms with Crippen molar-refractivity contribution in [2.45, 2.75) is 18.8 Å². The molecule has 1 aliphatic heterocycles. The molecule has 0 unspecified atom stereocenters. The zero-order chi connectivity index (χ0) is 13.9. The van der Waals surface area contributed by atoms with E-state index in [0.717, 1.165) is 30.9 Å². The van der Waals surface area contributed by atoms with E-state index in [1.807, 2.05) is 6.07 Å². The molecule has 0 saturated carbocycles. The normalized spacial score (nSPS) is 15.5. The number of aromatic nitrogens is 1. The monoisotopic (exact) mass is 296 g/mol. The van der Waals surface area contributed by atoms with E-state index in [2.05, 4.69) is 34.1 Å². The van der Waals surface area contributed by atoms with Gasteiger partial charge in [-0.2, -0.15) is 0 Å². The molecule has 1 aliphatic rings. The third-order valence-corrected chi connectivity index (χ3v) is 4.85. The number of para-hydroxylation sites is 1. The second-order valence-electron chi connectivity index (χ2n) is 4.96. The zero-order valence-corrected chi connectivity index (χ0v) is 12.8. The first-order chi connectivity index (χ1) is 9.74. The van der Waals surface area contributed by atoms with Crippen molar-refractivity contribution >= 4 is 23.0 Å². The Hall–Kier alpha value is -1.28. The minimum Gasteiger partial charge on any atom is -1.00 e. The maximum Gasteiger partial charge on any atom is 1.00 e. The van der Waals surface area contributed by atoms with E-state index < -0.39 is 5.97 Å². The molecule has 0 radical (unpaired) electrons. The van der Waals surface area contributed by atoms with Gasteiger partial charge in [0.25, 0.3) is 0 Å². The van der Waals surface area contributed by atoms with Crippen molar-refractivity contribution < 1.29 is 30.2 Å². The quantitative estimate of drug-likeness (QED) is 0.830. The van der Waals surface area contributed by atoms with E-state index in [-0.39, 0.29) is 20.3 Å². The largest absolute Gasteiger partial charge is 1.00 e. The Morgan fingerprint density at radius 1 is 1.29 bits per heavy atom. The molecule has 0 spiro atoms. The number of rotatable bonds is 3. The third kappa shape index (κ3) is 3.68. The van der Waals surface area contributed by atoms with Crippen molar-refractivity contribution in [3.05, 3.63) is 46.4 Å². The number of aromatic carboxylic acids is 1. The molecular weight excluding hydrogens is 279 g/mol. The van der Waals surface area contributed by atoms with Gasteiger partial charge in [-0.1, -0.05) is 18.2 Å². The third-order valence-electron chi connectivity index (χ3n) is 3.70. The fourth-order valence-electron chi connectivity index (χ4n) is 2.60. The zero-order valence-electron chi connectivity index (χ0n) is 13.0. The molecule has 6 heteroatoms. The van der Waals surface area contributed by atoms with Crippen LogP contribution < -0.4 is 23.8 Å². The summed E-state index contributed by atoms with van der Waals surface area (Å²) < 4.78 is 0. The summed E-state index contributed by atoms with van der Waals surface area (Å²) in [6, 6.07) is 10.4. The van der Waals surface area contributed by atoms with E-state index in [4.69, 9.17) is 5.11 Å². The first kappa shape index (κ1) is 16.1. The summed E-state index contributed by atoms with van der Waals surface area (Å²) in [6.07, 6.45) is 3.54. The Bertz CT molecular complexity index is 601. The van der Waals surface area contributed by atoms with Crippen LogP contribution in [0.25, 0.3) is 0 Å². The molecule has 1 aromatic carbocycles. The smallest absolute Gasteiger partial charge is 1.00 e. The summed E-state index contributed by atoms with van der Waals surface area (Å²) in [5, 5.41) is 9.92. The second-order valence-corrected chi connectivity index (χ2v) is 6.03. The Kier molecular flexibility index (Phi) is 5.46. The molecule has 2 heterocycles. The molecule has 106 valence electrons. The number of anilines is 1. The van der Waals surface area contributed by atoms with Crippen molar-refractivity contribution in [3.8, 4) is 0 Å². The summed E-state index contributed by atoms with van der Waals surface area (Å²) in [7, 11) is 0. The standard InChI is InChI=1S/C15H16N2O2S.Li.H/c18-15(19)13-10-16-14(20-13)11-6-8-17(9-7-11)12-4-2-1-3-5-12;;/h1-5,10-11H,6-9H2,(H,18,19);;/q;+1;-1. The van der Waals surface area contributed by atoms with Gasteiger partial charge in [-0.05, 0) is 25.0 Å². The van der Waals surface area contributed by atoms with Gasteiger partial charge in [-0.25, -0.2) is 9.78 Å². The number of nitrogens with zero attached hydrogens (tertiary/aromatic N) is 2. The van der Waals surface area contributed by atoms with Gasteiger partial charge in [0.15, 0.2) is 0 Å². The fourth-order valence-corrected chi connectivity index (χ4v) is 3.52. The number of hydrogen-bond donors (Lipinski definition) is 1. The van der Waals surface area contributed by atoms with Gasteiger partial charge in [0, 0.05) is 24.7 Å². The van der Waals surface area contributed by atoms with Crippen molar-refractivity contribution in [3.63, 3.8) is 0 Å². The van der Waals surface area contributed by atoms with Crippen LogP contribution in [0.4, 0.5) is 5.69 Å². The summed E-state index contributed by atoms with van der Waals surface area (Å²) in [5.41, 5.74) is 1.26. The van der Waals surface area contributed by atoms with Gasteiger partial charge in [0.2, 0.25) is 0 Å². The van der Waals surface area contributed by atoms with Crippen LogP contribution in [-0.4, -0.2) is 29.1 Å². The topological polar surface area (TPSA) is 53.4 Å². The summed E-state index contributed by atoms with van der Waals surface area (Å²) in [4.78, 5) is 17.9. The molecule has 4 nitrogen and oxygen atoms in total. The molecule has 0 amide bonds. The first-order valence-electron chi connectivity index (χ1n) is 6.73. The van der Waals surface area contributed by atoms with Crippen LogP contribution in [0.3, 0.4) is 0 Å². The summed E-state index contributed by atoms with van der Waals surface area (Å²) in [5.74, 6) is -0.483. The van der Waals surface area contributed by atoms with Crippen LogP contribution in [0.1, 0.15) is 34.9 Å². The molecule has 1 saturated heterocycles. The van der Waals surface area contributed by atoms with Crippen LogP contribution in [0, 0.1) is 0 Å². The minimum absolute atomic E-state index is 0. The molecular formula is C15H17LiN2O2S. The van der Waals surface area contributed by atoms with E-state index in [1.54, 1.807) is 0 Å². The van der Waals surface area contributed by atoms with Crippen LogP contribution in [-0.2, 0) is 0 Å². The molecule has 1 fully saturated rings. The van der Waals surface area contributed by atoms with E-state index in [1.165, 1.54) is 23.2 Å². The summed E-state index contributed by atoms with van der Waals surface area (Å²) >= 11 is 1.32. The van der Waals surface area contributed by atoms with Crippen LogP contribution >= 0.6 is 11.3 Å². The number of carbonyl (C=O) groups is 1. The molecule has 3 rings (SSSR count). The Labute approximate surface area is 141 Å². The summed E-state index contributed by atoms with van der Waals surface area (Å²) in [6.45, 7) is 1.99. The fraction of sp³-hybridized carbons (Fsp3) is 0.333. The molecule has 0 aliphatic carbocycles. The SMILES string of the molecule is O=C(O)c1cnc(C2CCN(c3ccccc3)CC2)s1.[H-].[Li+]. The molecule has 0 atom stereocenters. The number of benzene rings is 1. The predicted molar refractivity (Wildman–Crippen MR) is 80.8 cm³/mol. The number of piperidine rings is 1. The molecule has 21 heavy (non-hydrogen) atoms. The molecule has 1 aromatic heterocycles. The number of carboxylic acid groups (broad SMARTS) is 1. The van der Waals surface area contributed by atoms with Gasteiger partial charge in [-0.15, -0.1) is 11.3 Å². The predicted octanol–water partition coefficient (Wildman–Crippen LogP) is 0.342. The van der Waals surface area contributed by atoms with E-state index >= 15 is 0 Å². The molecule has 1 N–H and O–H groups in total. The van der Waals surface area contributed by atoms with Gasteiger partial charge in [-0.3, -0.25) is 0 Å². The van der Waals surface area contributed by atoms with E-state index in [0.29, 0.717) is 10.8 Å². The van der Waals surface area contributed by atoms with Crippen molar-refractivity contribution in [2.75, 3.05) is 18.0 Å². The Morgan fingerprint density at radius 2 is 1.95 bits per heavy atom. The van der Waals surface area contributed by atoms with Crippen LogP contribution in [0.5, 0.6) is 0 Å². The molecule has 2 aromatic rings. The number of carboxylic acids is 1. The van der Waals surface area contributed by atoms with Crippen molar-refractivity contribution in [2.24, 2.45) is 0 Å². The van der Waals surface area contributed by atoms with Crippen LogP contribution in [0.15, 0.2) is 36.5 Å². The van der Waals surface area contributed by atoms with Gasteiger partial charge >= 0.3 is 24.8 Å². The second kappa shape index (κ2) is 7.12. The van der Waals surface area contributed by atoms with Crippen molar-refractivity contribution in [1.29, 1.82) is 0 Å². The van der Waals surface area contributed by atoms with Gasteiger partial charge in [0.1, 0.15) is 4.88 Å². The van der Waals surface area contributed by atoms with Crippen molar-refractivity contribution in [1.82, 2.24) is 4.98 Å². The minimum atomic E-state index is -0.879. The Morgan fingerprint density at radius 3 is 2.52 bits per heavy atom.